The molecule has 1 amide bonds. The summed E-state index contributed by atoms with van der Waals surface area (Å²) in [6.07, 6.45) is -0.725. The van der Waals surface area contributed by atoms with E-state index in [1.165, 1.54) is 32.4 Å². The van der Waals surface area contributed by atoms with Gasteiger partial charge < -0.3 is 9.47 Å². The highest BCUT2D eigenvalue weighted by atomic mass is 19.1. The third-order valence-electron chi connectivity index (χ3n) is 1.60. The lowest BCUT2D eigenvalue weighted by atomic mass is 10.3. The van der Waals surface area contributed by atoms with Gasteiger partial charge in [0.05, 0.1) is 19.9 Å². The van der Waals surface area contributed by atoms with E-state index >= 15 is 0 Å². The number of carbonyl (C=O) groups excluding carboxylic acids is 1. The van der Waals surface area contributed by atoms with Crippen LogP contribution in [-0.2, 0) is 4.74 Å². The van der Waals surface area contributed by atoms with Crippen LogP contribution in [0.4, 0.5) is 14.9 Å². The highest BCUT2D eigenvalue weighted by molar-refractivity contribution is 5.84. The Hall–Kier alpha value is -1.78. The van der Waals surface area contributed by atoms with Crippen LogP contribution in [0.5, 0.6) is 5.75 Å². The number of nitrogens with one attached hydrogen (secondary N) is 1. The number of rotatable bonds is 2. The van der Waals surface area contributed by atoms with E-state index < -0.39 is 11.9 Å². The molecule has 0 aliphatic carbocycles. The molecule has 0 saturated carbocycles. The molecule has 14 heavy (non-hydrogen) atoms. The number of carbonyl (C=O) groups is 1. The average Bonchev–Trinajstić information content (AvgIpc) is 2.21. The number of amides is 1. The van der Waals surface area contributed by atoms with Crippen molar-refractivity contribution in [1.82, 2.24) is 0 Å². The summed E-state index contributed by atoms with van der Waals surface area (Å²) in [6.45, 7) is 0. The van der Waals surface area contributed by atoms with Gasteiger partial charge in [-0.2, -0.15) is 0 Å². The molecule has 76 valence electrons. The molecular formula is C9H10FNO3. The Kier molecular flexibility index (Phi) is 3.28. The van der Waals surface area contributed by atoms with Gasteiger partial charge in [0, 0.05) is 6.07 Å². The zero-order valence-electron chi connectivity index (χ0n) is 7.83. The minimum Gasteiger partial charge on any atom is -0.497 e. The molecule has 0 heterocycles. The Morgan fingerprint density at radius 3 is 2.71 bits per heavy atom. The molecule has 0 atom stereocenters. The van der Waals surface area contributed by atoms with E-state index in [2.05, 4.69) is 10.1 Å². The Morgan fingerprint density at radius 2 is 2.14 bits per heavy atom. The van der Waals surface area contributed by atoms with Crippen LogP contribution in [0.15, 0.2) is 18.2 Å². The maximum Gasteiger partial charge on any atom is 0.411 e. The number of halogens is 1. The molecule has 0 fully saturated rings. The lowest BCUT2D eigenvalue weighted by molar-refractivity contribution is 0.187. The second kappa shape index (κ2) is 4.45. The number of anilines is 1. The van der Waals surface area contributed by atoms with E-state index in [-0.39, 0.29) is 5.69 Å². The second-order valence-corrected chi connectivity index (χ2v) is 2.46. The molecule has 1 rings (SSSR count). The maximum atomic E-state index is 13.1. The first-order chi connectivity index (χ1) is 6.67. The van der Waals surface area contributed by atoms with Gasteiger partial charge in [-0.05, 0) is 12.1 Å². The van der Waals surface area contributed by atoms with E-state index in [0.717, 1.165) is 0 Å². The van der Waals surface area contributed by atoms with Crippen molar-refractivity contribution in [2.24, 2.45) is 0 Å². The lowest BCUT2D eigenvalue weighted by Crippen LogP contribution is -2.12. The van der Waals surface area contributed by atoms with E-state index in [9.17, 15) is 9.18 Å². The molecule has 1 aromatic rings. The number of benzene rings is 1. The van der Waals surface area contributed by atoms with Crippen molar-refractivity contribution in [2.75, 3.05) is 19.5 Å². The molecule has 0 aliphatic heterocycles. The predicted molar refractivity (Wildman–Crippen MR) is 49.0 cm³/mol. The van der Waals surface area contributed by atoms with Crippen LogP contribution >= 0.6 is 0 Å². The molecule has 5 heteroatoms. The Bertz CT molecular complexity index is 341. The van der Waals surface area contributed by atoms with Crippen molar-refractivity contribution >= 4 is 11.8 Å². The highest BCUT2D eigenvalue weighted by Crippen LogP contribution is 2.20. The molecule has 0 aromatic heterocycles. The predicted octanol–water partition coefficient (Wildman–Crippen LogP) is 2.01. The third kappa shape index (κ3) is 2.35. The molecular weight excluding hydrogens is 189 g/mol. The first-order valence-corrected chi connectivity index (χ1v) is 3.86. The highest BCUT2D eigenvalue weighted by Gasteiger charge is 2.07. The summed E-state index contributed by atoms with van der Waals surface area (Å²) >= 11 is 0. The fourth-order valence-electron chi connectivity index (χ4n) is 0.888. The van der Waals surface area contributed by atoms with Crippen LogP contribution in [0.3, 0.4) is 0 Å². The van der Waals surface area contributed by atoms with Gasteiger partial charge >= 0.3 is 6.09 Å². The standard InChI is InChI=1S/C9H10FNO3/c1-13-6-3-4-7(10)8(5-6)11-9(12)14-2/h3-5H,1-2H3,(H,11,12). The Balaban J connectivity index is 2.89. The largest absolute Gasteiger partial charge is 0.497 e. The molecule has 0 bridgehead atoms. The third-order valence-corrected chi connectivity index (χ3v) is 1.60. The fraction of sp³-hybridized carbons (Fsp3) is 0.222. The maximum absolute atomic E-state index is 13.1. The van der Waals surface area contributed by atoms with Crippen LogP contribution < -0.4 is 10.1 Å². The number of hydrogen-bond acceptors (Lipinski definition) is 3. The first-order valence-electron chi connectivity index (χ1n) is 3.86. The molecule has 0 radical (unpaired) electrons. The summed E-state index contributed by atoms with van der Waals surface area (Å²) in [6, 6.07) is 4.02. The van der Waals surface area contributed by atoms with Crippen LogP contribution in [0.1, 0.15) is 0 Å². The normalized spacial score (nSPS) is 9.36. The van der Waals surface area contributed by atoms with Gasteiger partial charge in [0.2, 0.25) is 0 Å². The summed E-state index contributed by atoms with van der Waals surface area (Å²) in [5.74, 6) is -0.0889. The van der Waals surface area contributed by atoms with Crippen molar-refractivity contribution in [3.63, 3.8) is 0 Å². The lowest BCUT2D eigenvalue weighted by Gasteiger charge is -2.06. The second-order valence-electron chi connectivity index (χ2n) is 2.46. The topological polar surface area (TPSA) is 47.6 Å². The number of ether oxygens (including phenoxy) is 2. The zero-order valence-corrected chi connectivity index (χ0v) is 7.83. The summed E-state index contributed by atoms with van der Waals surface area (Å²) in [4.78, 5) is 10.8. The van der Waals surface area contributed by atoms with Gasteiger partial charge in [-0.25, -0.2) is 9.18 Å². The number of hydrogen-bond donors (Lipinski definition) is 1. The Morgan fingerprint density at radius 1 is 1.43 bits per heavy atom. The van der Waals surface area contributed by atoms with Crippen LogP contribution in [-0.4, -0.2) is 20.3 Å². The minimum absolute atomic E-state index is 0.0243. The van der Waals surface area contributed by atoms with Gasteiger partial charge in [0.25, 0.3) is 0 Å². The van der Waals surface area contributed by atoms with Crippen molar-refractivity contribution in [3.05, 3.63) is 24.0 Å². The summed E-state index contributed by atoms with van der Waals surface area (Å²) in [5.41, 5.74) is 0.0243. The average molecular weight is 199 g/mol. The van der Waals surface area contributed by atoms with Crippen molar-refractivity contribution < 1.29 is 18.7 Å². The quantitative estimate of drug-likeness (QED) is 0.792. The molecule has 4 nitrogen and oxygen atoms in total. The minimum atomic E-state index is -0.725. The summed E-state index contributed by atoms with van der Waals surface area (Å²) in [7, 11) is 2.66. The van der Waals surface area contributed by atoms with Crippen LogP contribution in [0, 0.1) is 5.82 Å². The fourth-order valence-corrected chi connectivity index (χ4v) is 0.888. The monoisotopic (exact) mass is 199 g/mol. The number of methoxy groups -OCH3 is 2. The van der Waals surface area contributed by atoms with E-state index in [1.807, 2.05) is 0 Å². The van der Waals surface area contributed by atoms with Gasteiger partial charge in [-0.1, -0.05) is 0 Å². The van der Waals surface area contributed by atoms with Crippen LogP contribution in [0.25, 0.3) is 0 Å². The molecule has 0 aliphatic rings. The molecule has 1 N–H and O–H groups in total. The SMILES string of the molecule is COC(=O)Nc1cc(OC)ccc1F. The summed E-state index contributed by atoms with van der Waals surface area (Å²) in [5, 5.41) is 2.22. The van der Waals surface area contributed by atoms with Crippen molar-refractivity contribution in [3.8, 4) is 5.75 Å². The first kappa shape index (κ1) is 10.3. The van der Waals surface area contributed by atoms with E-state index in [0.29, 0.717) is 5.75 Å². The molecule has 0 spiro atoms. The molecule has 0 unspecified atom stereocenters. The van der Waals surface area contributed by atoms with Gasteiger partial charge in [-0.15, -0.1) is 0 Å². The Labute approximate surface area is 80.6 Å². The van der Waals surface area contributed by atoms with Gasteiger partial charge in [-0.3, -0.25) is 5.32 Å². The van der Waals surface area contributed by atoms with Crippen molar-refractivity contribution in [2.45, 2.75) is 0 Å². The smallest absolute Gasteiger partial charge is 0.411 e. The van der Waals surface area contributed by atoms with E-state index in [4.69, 9.17) is 4.74 Å². The molecule has 1 aromatic carbocycles. The van der Waals surface area contributed by atoms with Crippen LogP contribution in [0.2, 0.25) is 0 Å². The molecule has 0 saturated heterocycles. The van der Waals surface area contributed by atoms with Crippen molar-refractivity contribution in [1.29, 1.82) is 0 Å². The zero-order chi connectivity index (χ0) is 10.6. The summed E-state index contributed by atoms with van der Waals surface area (Å²) < 4.78 is 22.3. The van der Waals surface area contributed by atoms with Gasteiger partial charge in [0.15, 0.2) is 0 Å². The van der Waals surface area contributed by atoms with E-state index in [1.54, 1.807) is 0 Å². The van der Waals surface area contributed by atoms with Gasteiger partial charge in [0.1, 0.15) is 11.6 Å².